The number of fused-ring (bicyclic) bond motifs is 1. The first-order valence-corrected chi connectivity index (χ1v) is 7.47. The van der Waals surface area contributed by atoms with Gasteiger partial charge >= 0.3 is 0 Å². The van der Waals surface area contributed by atoms with Gasteiger partial charge in [-0.1, -0.05) is 41.9 Å². The van der Waals surface area contributed by atoms with Crippen LogP contribution in [0.25, 0.3) is 11.1 Å². The maximum Gasteiger partial charge on any atom is 0.142 e. The molecule has 2 aromatic carbocycles. The van der Waals surface area contributed by atoms with Gasteiger partial charge in [0.05, 0.1) is 11.1 Å². The van der Waals surface area contributed by atoms with E-state index in [4.69, 9.17) is 16.3 Å². The Labute approximate surface area is 123 Å². The summed E-state index contributed by atoms with van der Waals surface area (Å²) >= 11 is 6.39. The fraction of sp³-hybridized carbons (Fsp3) is 0.294. The standard InChI is InChI=1S/C17H16ClNO/c18-15-9-12(11-4-2-1-3-5-11)8-14-16(10-20-17(14)15)19-13-6-7-13/h1-5,8-9,13,16,19H,6-7,10H2. The predicted molar refractivity (Wildman–Crippen MR) is 81.3 cm³/mol. The zero-order chi connectivity index (χ0) is 13.5. The fourth-order valence-electron chi connectivity index (χ4n) is 2.75. The molecule has 0 spiro atoms. The van der Waals surface area contributed by atoms with Crippen molar-refractivity contribution in [2.75, 3.05) is 6.61 Å². The molecule has 20 heavy (non-hydrogen) atoms. The first-order chi connectivity index (χ1) is 9.81. The molecule has 4 rings (SSSR count). The van der Waals surface area contributed by atoms with Gasteiger partial charge in [-0.3, -0.25) is 0 Å². The smallest absolute Gasteiger partial charge is 0.142 e. The zero-order valence-corrected chi connectivity index (χ0v) is 11.9. The van der Waals surface area contributed by atoms with Gasteiger partial charge in [-0.25, -0.2) is 0 Å². The maximum absolute atomic E-state index is 6.39. The molecule has 0 amide bonds. The minimum Gasteiger partial charge on any atom is -0.490 e. The van der Waals surface area contributed by atoms with Crippen LogP contribution in [0.1, 0.15) is 24.4 Å². The van der Waals surface area contributed by atoms with Crippen LogP contribution in [0, 0.1) is 0 Å². The first-order valence-electron chi connectivity index (χ1n) is 7.09. The molecular formula is C17H16ClNO. The summed E-state index contributed by atoms with van der Waals surface area (Å²) in [5.74, 6) is 0.851. The minimum absolute atomic E-state index is 0.277. The molecule has 2 aromatic rings. The molecule has 1 saturated carbocycles. The number of hydrogen-bond donors (Lipinski definition) is 1. The third-order valence-electron chi connectivity index (χ3n) is 3.96. The number of rotatable bonds is 3. The summed E-state index contributed by atoms with van der Waals surface area (Å²) in [6.07, 6.45) is 2.55. The van der Waals surface area contributed by atoms with Crippen molar-refractivity contribution >= 4 is 11.6 Å². The van der Waals surface area contributed by atoms with Crippen molar-refractivity contribution in [3.05, 3.63) is 53.1 Å². The van der Waals surface area contributed by atoms with Crippen LogP contribution in [0.4, 0.5) is 0 Å². The summed E-state index contributed by atoms with van der Waals surface area (Å²) in [6, 6.07) is 15.5. The topological polar surface area (TPSA) is 21.3 Å². The second-order valence-electron chi connectivity index (χ2n) is 5.55. The molecule has 1 unspecified atom stereocenters. The third kappa shape index (κ3) is 2.19. The normalized spacial score (nSPS) is 20.6. The van der Waals surface area contributed by atoms with E-state index in [1.807, 2.05) is 24.3 Å². The van der Waals surface area contributed by atoms with E-state index in [1.165, 1.54) is 24.0 Å². The highest BCUT2D eigenvalue weighted by molar-refractivity contribution is 6.32. The van der Waals surface area contributed by atoms with Gasteiger partial charge in [0, 0.05) is 11.6 Å². The van der Waals surface area contributed by atoms with E-state index in [0.717, 1.165) is 11.3 Å². The summed E-state index contributed by atoms with van der Waals surface area (Å²) in [4.78, 5) is 0. The van der Waals surface area contributed by atoms with E-state index < -0.39 is 0 Å². The third-order valence-corrected chi connectivity index (χ3v) is 4.24. The zero-order valence-electron chi connectivity index (χ0n) is 11.1. The summed E-state index contributed by atoms with van der Waals surface area (Å²) in [6.45, 7) is 0.684. The Morgan fingerprint density at radius 2 is 1.85 bits per heavy atom. The average molecular weight is 286 g/mol. The van der Waals surface area contributed by atoms with E-state index in [9.17, 15) is 0 Å². The summed E-state index contributed by atoms with van der Waals surface area (Å²) < 4.78 is 5.77. The summed E-state index contributed by atoms with van der Waals surface area (Å²) in [5.41, 5.74) is 3.54. The highest BCUT2D eigenvalue weighted by atomic mass is 35.5. The van der Waals surface area contributed by atoms with Crippen LogP contribution in [-0.2, 0) is 0 Å². The van der Waals surface area contributed by atoms with Gasteiger partial charge in [-0.15, -0.1) is 0 Å². The summed E-state index contributed by atoms with van der Waals surface area (Å²) in [7, 11) is 0. The quantitative estimate of drug-likeness (QED) is 0.913. The summed E-state index contributed by atoms with van der Waals surface area (Å²) in [5, 5.41) is 4.34. The molecular weight excluding hydrogens is 270 g/mol. The average Bonchev–Trinajstić information content (AvgIpc) is 3.20. The van der Waals surface area contributed by atoms with Crippen molar-refractivity contribution in [1.82, 2.24) is 5.32 Å². The molecule has 1 atom stereocenters. The van der Waals surface area contributed by atoms with Gasteiger partial charge < -0.3 is 10.1 Å². The van der Waals surface area contributed by atoms with E-state index in [2.05, 4.69) is 23.5 Å². The van der Waals surface area contributed by atoms with Crippen molar-refractivity contribution in [3.63, 3.8) is 0 Å². The molecule has 0 aromatic heterocycles. The Hall–Kier alpha value is -1.51. The van der Waals surface area contributed by atoms with Gasteiger partial charge in [0.15, 0.2) is 0 Å². The molecule has 1 fully saturated rings. The van der Waals surface area contributed by atoms with Crippen LogP contribution in [0.2, 0.25) is 5.02 Å². The highest BCUT2D eigenvalue weighted by Gasteiger charge is 2.32. The van der Waals surface area contributed by atoms with Gasteiger partial charge in [0.2, 0.25) is 0 Å². The predicted octanol–water partition coefficient (Wildman–Crippen LogP) is 4.19. The van der Waals surface area contributed by atoms with E-state index in [0.29, 0.717) is 17.7 Å². The second-order valence-corrected chi connectivity index (χ2v) is 5.95. The van der Waals surface area contributed by atoms with Gasteiger partial charge in [0.1, 0.15) is 12.4 Å². The molecule has 3 heteroatoms. The monoisotopic (exact) mass is 285 g/mol. The van der Waals surface area contributed by atoms with E-state index >= 15 is 0 Å². The molecule has 0 radical (unpaired) electrons. The van der Waals surface area contributed by atoms with Crippen molar-refractivity contribution in [2.24, 2.45) is 0 Å². The Kier molecular flexibility index (Phi) is 2.94. The van der Waals surface area contributed by atoms with Crippen LogP contribution in [0.5, 0.6) is 5.75 Å². The van der Waals surface area contributed by atoms with Gasteiger partial charge in [-0.05, 0) is 36.1 Å². The van der Waals surface area contributed by atoms with Crippen molar-refractivity contribution in [1.29, 1.82) is 0 Å². The lowest BCUT2D eigenvalue weighted by atomic mass is 10.00. The Balaban J connectivity index is 1.74. The lowest BCUT2D eigenvalue weighted by Crippen LogP contribution is -2.24. The number of nitrogens with one attached hydrogen (secondary N) is 1. The van der Waals surface area contributed by atoms with Crippen molar-refractivity contribution in [3.8, 4) is 16.9 Å². The van der Waals surface area contributed by atoms with Crippen LogP contribution in [0.3, 0.4) is 0 Å². The lowest BCUT2D eigenvalue weighted by Gasteiger charge is -2.12. The fourth-order valence-corrected chi connectivity index (χ4v) is 3.03. The molecule has 1 N–H and O–H groups in total. The van der Waals surface area contributed by atoms with Crippen LogP contribution in [-0.4, -0.2) is 12.6 Å². The Morgan fingerprint density at radius 3 is 2.60 bits per heavy atom. The van der Waals surface area contributed by atoms with Gasteiger partial charge in [-0.2, -0.15) is 0 Å². The number of halogens is 1. The highest BCUT2D eigenvalue weighted by Crippen LogP contribution is 2.42. The molecule has 1 aliphatic heterocycles. The minimum atomic E-state index is 0.277. The lowest BCUT2D eigenvalue weighted by molar-refractivity contribution is 0.310. The number of ether oxygens (including phenoxy) is 1. The van der Waals surface area contributed by atoms with Gasteiger partial charge in [0.25, 0.3) is 0 Å². The molecule has 1 heterocycles. The van der Waals surface area contributed by atoms with Crippen LogP contribution < -0.4 is 10.1 Å². The molecule has 2 aliphatic rings. The maximum atomic E-state index is 6.39. The molecule has 0 saturated heterocycles. The van der Waals surface area contributed by atoms with Crippen molar-refractivity contribution < 1.29 is 4.74 Å². The molecule has 1 aliphatic carbocycles. The van der Waals surface area contributed by atoms with Crippen LogP contribution in [0.15, 0.2) is 42.5 Å². The number of benzene rings is 2. The molecule has 0 bridgehead atoms. The first kappa shape index (κ1) is 12.2. The SMILES string of the molecule is Clc1cc(-c2ccccc2)cc2c1OCC2NC1CC1. The molecule has 2 nitrogen and oxygen atoms in total. The molecule has 102 valence electrons. The number of hydrogen-bond acceptors (Lipinski definition) is 2. The van der Waals surface area contributed by atoms with Crippen LogP contribution >= 0.6 is 11.6 Å². The van der Waals surface area contributed by atoms with E-state index in [1.54, 1.807) is 0 Å². The van der Waals surface area contributed by atoms with E-state index in [-0.39, 0.29) is 6.04 Å². The van der Waals surface area contributed by atoms with Crippen molar-refractivity contribution in [2.45, 2.75) is 24.9 Å². The Bertz CT molecular complexity index is 637. The largest absolute Gasteiger partial charge is 0.490 e. The second kappa shape index (κ2) is 4.80. The Morgan fingerprint density at radius 1 is 1.05 bits per heavy atom.